The van der Waals surface area contributed by atoms with E-state index in [1.54, 1.807) is 43.5 Å². The summed E-state index contributed by atoms with van der Waals surface area (Å²) >= 11 is 0. The monoisotopic (exact) mass is 278 g/mol. The van der Waals surface area contributed by atoms with Crippen molar-refractivity contribution in [2.45, 2.75) is 0 Å². The lowest BCUT2D eigenvalue weighted by atomic mass is 10.1. The van der Waals surface area contributed by atoms with Gasteiger partial charge in [-0.2, -0.15) is 5.26 Å². The summed E-state index contributed by atoms with van der Waals surface area (Å²) in [7, 11) is 1.57. The van der Waals surface area contributed by atoms with E-state index in [1.165, 1.54) is 6.08 Å². The Morgan fingerprint density at radius 1 is 1.19 bits per heavy atom. The molecule has 104 valence electrons. The summed E-state index contributed by atoms with van der Waals surface area (Å²) in [4.78, 5) is 12.1. The lowest BCUT2D eigenvalue weighted by Crippen LogP contribution is -2.13. The number of nitrogens with one attached hydrogen (secondary N) is 1. The van der Waals surface area contributed by atoms with Crippen molar-refractivity contribution in [1.29, 1.82) is 5.26 Å². The van der Waals surface area contributed by atoms with Gasteiger partial charge in [0.2, 0.25) is 0 Å². The molecule has 0 aliphatic carbocycles. The predicted octanol–water partition coefficient (Wildman–Crippen LogP) is 3.24. The molecule has 4 heteroatoms. The number of methoxy groups -OCH3 is 1. The molecule has 21 heavy (non-hydrogen) atoms. The number of ether oxygens (including phenoxy) is 1. The van der Waals surface area contributed by atoms with Crippen molar-refractivity contribution in [3.63, 3.8) is 0 Å². The minimum atomic E-state index is -0.438. The fourth-order valence-electron chi connectivity index (χ4n) is 1.77. The smallest absolute Gasteiger partial charge is 0.266 e. The second kappa shape index (κ2) is 6.92. The van der Waals surface area contributed by atoms with Crippen molar-refractivity contribution in [1.82, 2.24) is 0 Å². The summed E-state index contributed by atoms with van der Waals surface area (Å²) in [6.07, 6.45) is 1.53. The average molecular weight is 278 g/mol. The summed E-state index contributed by atoms with van der Waals surface area (Å²) in [5.41, 5.74) is 1.41. The van der Waals surface area contributed by atoms with Crippen LogP contribution < -0.4 is 10.1 Å². The number of rotatable bonds is 4. The highest BCUT2D eigenvalue weighted by atomic mass is 16.5. The first-order valence-electron chi connectivity index (χ1n) is 6.35. The first-order chi connectivity index (χ1) is 10.2. The third kappa shape index (κ3) is 3.95. The van der Waals surface area contributed by atoms with E-state index in [9.17, 15) is 4.79 Å². The Bertz CT molecular complexity index is 700. The van der Waals surface area contributed by atoms with E-state index in [0.29, 0.717) is 11.4 Å². The molecule has 0 heterocycles. The van der Waals surface area contributed by atoms with Crippen LogP contribution in [0.5, 0.6) is 5.75 Å². The van der Waals surface area contributed by atoms with Crippen LogP contribution >= 0.6 is 0 Å². The molecular formula is C17H14N2O2. The molecule has 0 spiro atoms. The summed E-state index contributed by atoms with van der Waals surface area (Å²) in [6, 6.07) is 18.1. The van der Waals surface area contributed by atoms with Crippen LogP contribution in [0.1, 0.15) is 5.56 Å². The van der Waals surface area contributed by atoms with Gasteiger partial charge in [0.1, 0.15) is 17.4 Å². The first-order valence-corrected chi connectivity index (χ1v) is 6.35. The van der Waals surface area contributed by atoms with E-state index in [4.69, 9.17) is 10.00 Å². The quantitative estimate of drug-likeness (QED) is 0.689. The van der Waals surface area contributed by atoms with Gasteiger partial charge in [-0.15, -0.1) is 0 Å². The summed E-state index contributed by atoms with van der Waals surface area (Å²) in [6.45, 7) is 0. The maximum Gasteiger partial charge on any atom is 0.266 e. The van der Waals surface area contributed by atoms with E-state index >= 15 is 0 Å². The van der Waals surface area contributed by atoms with Gasteiger partial charge in [-0.3, -0.25) is 4.79 Å². The van der Waals surface area contributed by atoms with Gasteiger partial charge in [0, 0.05) is 5.69 Å². The van der Waals surface area contributed by atoms with Crippen LogP contribution in [-0.2, 0) is 4.79 Å². The summed E-state index contributed by atoms with van der Waals surface area (Å²) in [5, 5.41) is 11.8. The molecule has 2 aromatic rings. The van der Waals surface area contributed by atoms with Gasteiger partial charge in [0.25, 0.3) is 5.91 Å². The molecule has 0 atom stereocenters. The third-order valence-corrected chi connectivity index (χ3v) is 2.80. The van der Waals surface area contributed by atoms with Crippen LogP contribution in [0.15, 0.2) is 60.2 Å². The van der Waals surface area contributed by atoms with Crippen LogP contribution in [0.4, 0.5) is 5.69 Å². The number of anilines is 1. The minimum Gasteiger partial charge on any atom is -0.497 e. The van der Waals surface area contributed by atoms with Crippen LogP contribution in [0, 0.1) is 11.3 Å². The standard InChI is InChI=1S/C17H14N2O2/c1-21-16-9-5-6-13(11-16)10-14(12-18)17(20)19-15-7-3-2-4-8-15/h2-11H,1H3,(H,19,20). The first kappa shape index (κ1) is 14.4. The van der Waals surface area contributed by atoms with Crippen molar-refractivity contribution in [2.24, 2.45) is 0 Å². The molecule has 4 nitrogen and oxygen atoms in total. The number of hydrogen-bond donors (Lipinski definition) is 1. The Kier molecular flexibility index (Phi) is 4.73. The van der Waals surface area contributed by atoms with Gasteiger partial charge in [-0.1, -0.05) is 30.3 Å². The Morgan fingerprint density at radius 2 is 1.95 bits per heavy atom. The van der Waals surface area contributed by atoms with Gasteiger partial charge < -0.3 is 10.1 Å². The van der Waals surface area contributed by atoms with Crippen LogP contribution in [0.2, 0.25) is 0 Å². The number of hydrogen-bond acceptors (Lipinski definition) is 3. The van der Waals surface area contributed by atoms with E-state index < -0.39 is 5.91 Å². The zero-order valence-corrected chi connectivity index (χ0v) is 11.5. The highest BCUT2D eigenvalue weighted by molar-refractivity contribution is 6.09. The Balaban J connectivity index is 2.20. The third-order valence-electron chi connectivity index (χ3n) is 2.80. The maximum absolute atomic E-state index is 12.1. The lowest BCUT2D eigenvalue weighted by molar-refractivity contribution is -0.112. The van der Waals surface area contributed by atoms with Gasteiger partial charge in [-0.25, -0.2) is 0 Å². The molecule has 0 fully saturated rings. The Morgan fingerprint density at radius 3 is 2.62 bits per heavy atom. The second-order valence-electron chi connectivity index (χ2n) is 4.27. The van der Waals surface area contributed by atoms with Gasteiger partial charge in [0.15, 0.2) is 0 Å². The molecule has 0 saturated carbocycles. The maximum atomic E-state index is 12.1. The molecule has 0 bridgehead atoms. The zero-order valence-electron chi connectivity index (χ0n) is 11.5. The predicted molar refractivity (Wildman–Crippen MR) is 81.7 cm³/mol. The molecule has 2 rings (SSSR count). The van der Waals surface area contributed by atoms with E-state index in [1.807, 2.05) is 24.3 Å². The molecule has 2 aromatic carbocycles. The number of carbonyl (C=O) groups excluding carboxylic acids is 1. The number of benzene rings is 2. The highest BCUT2D eigenvalue weighted by Crippen LogP contribution is 2.16. The fraction of sp³-hybridized carbons (Fsp3) is 0.0588. The number of para-hydroxylation sites is 1. The molecule has 0 aliphatic heterocycles. The van der Waals surface area contributed by atoms with Gasteiger partial charge in [-0.05, 0) is 35.9 Å². The Hall–Kier alpha value is -3.06. The lowest BCUT2D eigenvalue weighted by Gasteiger charge is -2.04. The van der Waals surface area contributed by atoms with Crippen molar-refractivity contribution in [3.8, 4) is 11.8 Å². The number of amides is 1. The van der Waals surface area contributed by atoms with E-state index in [-0.39, 0.29) is 5.57 Å². The minimum absolute atomic E-state index is 0.0344. The second-order valence-corrected chi connectivity index (χ2v) is 4.27. The number of carbonyl (C=O) groups is 1. The van der Waals surface area contributed by atoms with Gasteiger partial charge in [0.05, 0.1) is 7.11 Å². The zero-order chi connectivity index (χ0) is 15.1. The van der Waals surface area contributed by atoms with Crippen LogP contribution in [0.25, 0.3) is 6.08 Å². The SMILES string of the molecule is COc1cccc(C=C(C#N)C(=O)Nc2ccccc2)c1. The van der Waals surface area contributed by atoms with Crippen molar-refractivity contribution >= 4 is 17.7 Å². The highest BCUT2D eigenvalue weighted by Gasteiger charge is 2.09. The molecule has 0 aliphatic rings. The summed E-state index contributed by atoms with van der Waals surface area (Å²) in [5.74, 6) is 0.232. The average Bonchev–Trinajstić information content (AvgIpc) is 2.53. The number of nitriles is 1. The molecule has 1 amide bonds. The molecule has 0 saturated heterocycles. The van der Waals surface area contributed by atoms with Gasteiger partial charge >= 0.3 is 0 Å². The van der Waals surface area contributed by atoms with E-state index in [2.05, 4.69) is 5.32 Å². The van der Waals surface area contributed by atoms with Crippen LogP contribution in [0.3, 0.4) is 0 Å². The molecule has 0 unspecified atom stereocenters. The fourth-order valence-corrected chi connectivity index (χ4v) is 1.77. The largest absolute Gasteiger partial charge is 0.497 e. The molecular weight excluding hydrogens is 264 g/mol. The van der Waals surface area contributed by atoms with Crippen molar-refractivity contribution in [3.05, 3.63) is 65.7 Å². The topological polar surface area (TPSA) is 62.1 Å². The normalized spacial score (nSPS) is 10.6. The summed E-state index contributed by atoms with van der Waals surface area (Å²) < 4.78 is 5.11. The molecule has 0 radical (unpaired) electrons. The van der Waals surface area contributed by atoms with Crippen molar-refractivity contribution in [2.75, 3.05) is 12.4 Å². The van der Waals surface area contributed by atoms with Crippen LogP contribution in [-0.4, -0.2) is 13.0 Å². The van der Waals surface area contributed by atoms with Crippen molar-refractivity contribution < 1.29 is 9.53 Å². The number of nitrogens with zero attached hydrogens (tertiary/aromatic N) is 1. The molecule has 1 N–H and O–H groups in total. The van der Waals surface area contributed by atoms with E-state index in [0.717, 1.165) is 5.56 Å². The molecule has 0 aromatic heterocycles. The Labute approximate surface area is 123 Å².